The number of aromatic nitrogens is 3. The van der Waals surface area contributed by atoms with Crippen molar-refractivity contribution >= 4 is 6.01 Å². The van der Waals surface area contributed by atoms with E-state index >= 15 is 0 Å². The van der Waals surface area contributed by atoms with Crippen molar-refractivity contribution in [3.05, 3.63) is 24.4 Å². The zero-order chi connectivity index (χ0) is 15.6. The molecule has 1 saturated heterocycles. The molecule has 1 aliphatic heterocycles. The minimum atomic E-state index is 0.566. The van der Waals surface area contributed by atoms with Crippen molar-refractivity contribution in [1.82, 2.24) is 20.0 Å². The van der Waals surface area contributed by atoms with Crippen LogP contribution >= 0.6 is 0 Å². The minimum Gasteiger partial charge on any atom is -0.324 e. The predicted molar refractivity (Wildman–Crippen MR) is 88.2 cm³/mol. The summed E-state index contributed by atoms with van der Waals surface area (Å²) in [4.78, 5) is 13.7. The van der Waals surface area contributed by atoms with Crippen LogP contribution in [0.25, 0.3) is 11.5 Å². The van der Waals surface area contributed by atoms with Crippen molar-refractivity contribution in [3.63, 3.8) is 0 Å². The van der Waals surface area contributed by atoms with Gasteiger partial charge in [-0.1, -0.05) is 18.1 Å². The lowest BCUT2D eigenvalue weighted by Crippen LogP contribution is -2.46. The maximum atomic E-state index is 5.45. The summed E-state index contributed by atoms with van der Waals surface area (Å²) in [6, 6.07) is 7.89. The van der Waals surface area contributed by atoms with Gasteiger partial charge in [-0.25, -0.2) is 0 Å². The molecule has 0 radical (unpaired) electrons. The third-order valence-corrected chi connectivity index (χ3v) is 4.89. The first kappa shape index (κ1) is 14.6. The molecule has 6 nitrogen and oxygen atoms in total. The first-order valence-corrected chi connectivity index (χ1v) is 8.61. The van der Waals surface area contributed by atoms with Gasteiger partial charge in [0.15, 0.2) is 0 Å². The Morgan fingerprint density at radius 2 is 1.96 bits per heavy atom. The molecule has 0 N–H and O–H groups in total. The van der Waals surface area contributed by atoms with Gasteiger partial charge in [0.25, 0.3) is 0 Å². The molecule has 6 heteroatoms. The second kappa shape index (κ2) is 6.28. The maximum Gasteiger partial charge on any atom is 0.324 e. The number of hydrogen-bond donors (Lipinski definition) is 0. The molecule has 2 aliphatic rings. The number of anilines is 1. The van der Waals surface area contributed by atoms with Gasteiger partial charge in [0.2, 0.25) is 5.82 Å². The summed E-state index contributed by atoms with van der Waals surface area (Å²) in [6.45, 7) is 5.41. The summed E-state index contributed by atoms with van der Waals surface area (Å²) in [5.41, 5.74) is 0.753. The average molecular weight is 313 g/mol. The van der Waals surface area contributed by atoms with E-state index in [9.17, 15) is 0 Å². The Morgan fingerprint density at radius 3 is 2.61 bits per heavy atom. The highest BCUT2D eigenvalue weighted by Gasteiger charge is 2.35. The zero-order valence-corrected chi connectivity index (χ0v) is 13.6. The van der Waals surface area contributed by atoms with E-state index < -0.39 is 0 Å². The van der Waals surface area contributed by atoms with Crippen molar-refractivity contribution in [2.45, 2.75) is 44.7 Å². The van der Waals surface area contributed by atoms with Crippen molar-refractivity contribution in [2.75, 3.05) is 24.5 Å². The van der Waals surface area contributed by atoms with Crippen molar-refractivity contribution < 1.29 is 4.52 Å². The maximum absolute atomic E-state index is 5.45. The summed E-state index contributed by atoms with van der Waals surface area (Å²) >= 11 is 0. The Labute approximate surface area is 136 Å². The van der Waals surface area contributed by atoms with E-state index in [-0.39, 0.29) is 0 Å². The Balaban J connectivity index is 1.40. The molecule has 23 heavy (non-hydrogen) atoms. The van der Waals surface area contributed by atoms with Crippen molar-refractivity contribution in [1.29, 1.82) is 0 Å². The third-order valence-electron chi connectivity index (χ3n) is 4.89. The summed E-state index contributed by atoms with van der Waals surface area (Å²) in [7, 11) is 0. The molecule has 4 rings (SSSR count). The summed E-state index contributed by atoms with van der Waals surface area (Å²) in [5, 5.41) is 4.07. The summed E-state index contributed by atoms with van der Waals surface area (Å²) < 4.78 is 5.45. The minimum absolute atomic E-state index is 0.566. The van der Waals surface area contributed by atoms with E-state index in [1.54, 1.807) is 6.20 Å². The number of rotatable bonds is 5. The van der Waals surface area contributed by atoms with E-state index in [0.29, 0.717) is 17.9 Å². The molecule has 0 spiro atoms. The monoisotopic (exact) mass is 313 g/mol. The van der Waals surface area contributed by atoms with E-state index in [0.717, 1.165) is 24.8 Å². The van der Waals surface area contributed by atoms with Crippen molar-refractivity contribution in [2.24, 2.45) is 0 Å². The van der Waals surface area contributed by atoms with Crippen LogP contribution < -0.4 is 4.90 Å². The molecule has 0 bridgehead atoms. The Morgan fingerprint density at radius 1 is 1.17 bits per heavy atom. The lowest BCUT2D eigenvalue weighted by molar-refractivity contribution is 0.166. The van der Waals surface area contributed by atoms with Crippen LogP contribution in [0.3, 0.4) is 0 Å². The zero-order valence-electron chi connectivity index (χ0n) is 13.6. The highest BCUT2D eigenvalue weighted by Crippen LogP contribution is 2.32. The number of piperidine rings is 1. The molecule has 122 valence electrons. The molecule has 0 unspecified atom stereocenters. The van der Waals surface area contributed by atoms with Gasteiger partial charge < -0.3 is 9.42 Å². The van der Waals surface area contributed by atoms with E-state index in [1.807, 2.05) is 18.2 Å². The predicted octanol–water partition coefficient (Wildman–Crippen LogP) is 2.58. The first-order chi connectivity index (χ1) is 11.3. The molecule has 0 aromatic carbocycles. The quantitative estimate of drug-likeness (QED) is 0.845. The summed E-state index contributed by atoms with van der Waals surface area (Å²) in [5.74, 6) is 0.566. The highest BCUT2D eigenvalue weighted by molar-refractivity contribution is 5.49. The standard InChI is InChI=1S/C17H23N5O/c1-2-22(13-6-7-13)14-8-11-21(12-9-14)17-19-16(20-23-17)15-5-3-4-10-18-15/h3-5,10,13-14H,2,6-9,11-12H2,1H3. The molecule has 1 aliphatic carbocycles. The van der Waals surface area contributed by atoms with Crippen molar-refractivity contribution in [3.8, 4) is 11.5 Å². The third kappa shape index (κ3) is 3.08. The van der Waals surface area contributed by atoms with Gasteiger partial charge in [0.1, 0.15) is 5.69 Å². The fourth-order valence-electron chi connectivity index (χ4n) is 3.55. The van der Waals surface area contributed by atoms with Gasteiger partial charge in [-0.15, -0.1) is 0 Å². The SMILES string of the molecule is CCN(C1CC1)C1CCN(c2nc(-c3ccccn3)no2)CC1. The molecule has 0 atom stereocenters. The lowest BCUT2D eigenvalue weighted by Gasteiger charge is -2.37. The van der Waals surface area contributed by atoms with Crippen LogP contribution in [0.1, 0.15) is 32.6 Å². The smallest absolute Gasteiger partial charge is 0.324 e. The largest absolute Gasteiger partial charge is 0.324 e. The molecule has 3 heterocycles. The first-order valence-electron chi connectivity index (χ1n) is 8.61. The fourth-order valence-corrected chi connectivity index (χ4v) is 3.55. The van der Waals surface area contributed by atoms with Gasteiger partial charge in [-0.3, -0.25) is 9.88 Å². The molecular formula is C17H23N5O. The van der Waals surface area contributed by atoms with Gasteiger partial charge >= 0.3 is 6.01 Å². The molecule has 2 aromatic heterocycles. The normalized spacial score (nSPS) is 19.5. The lowest BCUT2D eigenvalue weighted by atomic mass is 10.0. The van der Waals surface area contributed by atoms with Crippen LogP contribution in [-0.2, 0) is 0 Å². The fraction of sp³-hybridized carbons (Fsp3) is 0.588. The molecule has 0 amide bonds. The molecule has 2 fully saturated rings. The van der Waals surface area contributed by atoms with Crippen LogP contribution in [0.4, 0.5) is 6.01 Å². The van der Waals surface area contributed by atoms with E-state index in [2.05, 4.69) is 31.8 Å². The molecule has 1 saturated carbocycles. The van der Waals surface area contributed by atoms with E-state index in [4.69, 9.17) is 4.52 Å². The van der Waals surface area contributed by atoms with Crippen LogP contribution in [-0.4, -0.2) is 51.7 Å². The van der Waals surface area contributed by atoms with Crippen LogP contribution in [0.5, 0.6) is 0 Å². The molecule has 2 aromatic rings. The van der Waals surface area contributed by atoms with E-state index in [1.165, 1.54) is 32.2 Å². The van der Waals surface area contributed by atoms with Gasteiger partial charge in [-0.2, -0.15) is 4.98 Å². The van der Waals surface area contributed by atoms with Crippen LogP contribution in [0.15, 0.2) is 28.9 Å². The number of nitrogens with zero attached hydrogens (tertiary/aromatic N) is 5. The van der Waals surface area contributed by atoms with Crippen LogP contribution in [0, 0.1) is 0 Å². The van der Waals surface area contributed by atoms with Gasteiger partial charge in [-0.05, 0) is 44.4 Å². The average Bonchev–Trinajstić information content (AvgIpc) is 3.32. The Hall–Kier alpha value is -1.95. The second-order valence-corrected chi connectivity index (χ2v) is 6.40. The highest BCUT2D eigenvalue weighted by atomic mass is 16.5. The number of hydrogen-bond acceptors (Lipinski definition) is 6. The Bertz CT molecular complexity index is 631. The van der Waals surface area contributed by atoms with Crippen LogP contribution in [0.2, 0.25) is 0 Å². The molecular weight excluding hydrogens is 290 g/mol. The summed E-state index contributed by atoms with van der Waals surface area (Å²) in [6.07, 6.45) is 6.85. The Kier molecular flexibility index (Phi) is 3.99. The topological polar surface area (TPSA) is 58.3 Å². The van der Waals surface area contributed by atoms with Gasteiger partial charge in [0.05, 0.1) is 0 Å². The number of pyridine rings is 1. The van der Waals surface area contributed by atoms with Gasteiger partial charge in [0, 0.05) is 31.4 Å². The second-order valence-electron chi connectivity index (χ2n) is 6.40.